The second-order valence-corrected chi connectivity index (χ2v) is 7.25. The van der Waals surface area contributed by atoms with E-state index < -0.39 is 5.91 Å². The molecule has 0 aliphatic rings. The van der Waals surface area contributed by atoms with E-state index in [1.807, 2.05) is 24.3 Å². The monoisotopic (exact) mass is 431 g/mol. The molecule has 0 unspecified atom stereocenters. The molecule has 0 aliphatic carbocycles. The zero-order valence-corrected chi connectivity index (χ0v) is 17.7. The van der Waals surface area contributed by atoms with E-state index >= 15 is 0 Å². The van der Waals surface area contributed by atoms with Gasteiger partial charge in [0, 0.05) is 17.1 Å². The average molecular weight is 431 g/mol. The molecule has 32 heavy (non-hydrogen) atoms. The highest BCUT2D eigenvalue weighted by Gasteiger charge is 2.11. The lowest BCUT2D eigenvalue weighted by Gasteiger charge is -2.10. The van der Waals surface area contributed by atoms with Crippen molar-refractivity contribution in [2.24, 2.45) is 5.10 Å². The van der Waals surface area contributed by atoms with Gasteiger partial charge in [0.1, 0.15) is 23.9 Å². The molecule has 2 heterocycles. The van der Waals surface area contributed by atoms with Crippen LogP contribution in [0, 0.1) is 19.7 Å². The number of hydrogen-bond acceptors (Lipinski definition) is 4. The number of nitrogens with one attached hydrogen (secondary N) is 1. The van der Waals surface area contributed by atoms with Crippen LogP contribution in [0.15, 0.2) is 82.3 Å². The number of rotatable bonds is 7. The lowest BCUT2D eigenvalue weighted by molar-refractivity contribution is 0.0923. The summed E-state index contributed by atoms with van der Waals surface area (Å²) in [6, 6.07) is 21.0. The van der Waals surface area contributed by atoms with Crippen LogP contribution in [0.4, 0.5) is 4.39 Å². The van der Waals surface area contributed by atoms with Gasteiger partial charge in [-0.3, -0.25) is 4.79 Å². The van der Waals surface area contributed by atoms with Crippen LogP contribution in [0.1, 0.15) is 33.3 Å². The van der Waals surface area contributed by atoms with Gasteiger partial charge in [-0.2, -0.15) is 5.10 Å². The molecule has 162 valence electrons. The Morgan fingerprint density at radius 1 is 1.06 bits per heavy atom. The summed E-state index contributed by atoms with van der Waals surface area (Å²) in [4.78, 5) is 12.2. The molecule has 2 aromatic carbocycles. The van der Waals surface area contributed by atoms with Crippen LogP contribution in [0.3, 0.4) is 0 Å². The fourth-order valence-electron chi connectivity index (χ4n) is 3.31. The highest BCUT2D eigenvalue weighted by Crippen LogP contribution is 2.21. The van der Waals surface area contributed by atoms with E-state index in [1.165, 1.54) is 18.3 Å². The van der Waals surface area contributed by atoms with Crippen LogP contribution in [0.25, 0.3) is 5.69 Å². The molecule has 0 saturated carbocycles. The van der Waals surface area contributed by atoms with Crippen LogP contribution in [0.5, 0.6) is 5.75 Å². The highest BCUT2D eigenvalue weighted by molar-refractivity contribution is 5.92. The van der Waals surface area contributed by atoms with Crippen LogP contribution in [0.2, 0.25) is 0 Å². The Morgan fingerprint density at radius 2 is 1.81 bits per heavy atom. The number of nitrogens with zero attached hydrogens (tertiary/aromatic N) is 2. The smallest absolute Gasteiger partial charge is 0.307 e. The van der Waals surface area contributed by atoms with E-state index in [4.69, 9.17) is 9.15 Å². The van der Waals surface area contributed by atoms with Crippen LogP contribution in [-0.4, -0.2) is 16.7 Å². The minimum absolute atomic E-state index is 0.105. The Balaban J connectivity index is 1.32. The minimum atomic E-state index is -0.509. The molecule has 0 atom stereocenters. The zero-order chi connectivity index (χ0) is 22.5. The third kappa shape index (κ3) is 4.95. The van der Waals surface area contributed by atoms with E-state index in [2.05, 4.69) is 41.1 Å². The third-order valence-electron chi connectivity index (χ3n) is 4.86. The lowest BCUT2D eigenvalue weighted by atomic mass is 10.2. The molecular weight excluding hydrogens is 409 g/mol. The summed E-state index contributed by atoms with van der Waals surface area (Å²) >= 11 is 0. The highest BCUT2D eigenvalue weighted by atomic mass is 19.1. The van der Waals surface area contributed by atoms with E-state index in [-0.39, 0.29) is 18.2 Å². The summed E-state index contributed by atoms with van der Waals surface area (Å²) in [5.41, 5.74) is 6.28. The molecule has 0 spiro atoms. The van der Waals surface area contributed by atoms with Gasteiger partial charge in [0.05, 0.1) is 6.21 Å². The fraction of sp³-hybridized carbons (Fsp3) is 0.120. The molecule has 0 aliphatic heterocycles. The third-order valence-corrected chi connectivity index (χ3v) is 4.86. The van der Waals surface area contributed by atoms with Gasteiger partial charge in [0.2, 0.25) is 0 Å². The standard InChI is InChI=1S/C25H22FN3O3/c1-17-6-7-18(2)29(17)21-8-10-22(11-9-21)31-16-23-12-13-24(32-23)25(30)28-27-15-19-4-3-5-20(26)14-19/h3-15H,16H2,1-2H3,(H,28,30). The van der Waals surface area contributed by atoms with Crippen LogP contribution >= 0.6 is 0 Å². The molecule has 1 N–H and O–H groups in total. The number of aryl methyl sites for hydroxylation is 2. The Kier molecular flexibility index (Phi) is 6.17. The van der Waals surface area contributed by atoms with Crippen molar-refractivity contribution in [3.63, 3.8) is 0 Å². The molecule has 0 radical (unpaired) electrons. The van der Waals surface area contributed by atoms with Gasteiger partial charge in [0.25, 0.3) is 0 Å². The summed E-state index contributed by atoms with van der Waals surface area (Å²) in [7, 11) is 0. The molecule has 0 bridgehead atoms. The van der Waals surface area contributed by atoms with E-state index in [0.717, 1.165) is 17.1 Å². The maximum Gasteiger partial charge on any atom is 0.307 e. The number of aromatic nitrogens is 1. The largest absolute Gasteiger partial charge is 0.486 e. The molecule has 0 fully saturated rings. The molecule has 0 saturated heterocycles. The minimum Gasteiger partial charge on any atom is -0.486 e. The van der Waals surface area contributed by atoms with Gasteiger partial charge in [-0.15, -0.1) is 0 Å². The number of benzene rings is 2. The Bertz CT molecular complexity index is 1240. The molecule has 2 aromatic heterocycles. The normalized spacial score (nSPS) is 11.1. The van der Waals surface area contributed by atoms with Crippen molar-refractivity contribution in [3.8, 4) is 11.4 Å². The topological polar surface area (TPSA) is 68.8 Å². The fourth-order valence-corrected chi connectivity index (χ4v) is 3.31. The van der Waals surface area contributed by atoms with Gasteiger partial charge in [0.15, 0.2) is 5.76 Å². The Morgan fingerprint density at radius 3 is 2.53 bits per heavy atom. The van der Waals surface area contributed by atoms with Crippen LogP contribution in [-0.2, 0) is 6.61 Å². The summed E-state index contributed by atoms with van der Waals surface area (Å²) < 4.78 is 26.6. The summed E-state index contributed by atoms with van der Waals surface area (Å²) in [6.45, 7) is 4.31. The number of carbonyl (C=O) groups excluding carboxylic acids is 1. The molecular formula is C25H22FN3O3. The van der Waals surface area contributed by atoms with Gasteiger partial charge >= 0.3 is 5.91 Å². The van der Waals surface area contributed by atoms with Crippen molar-refractivity contribution >= 4 is 12.1 Å². The second kappa shape index (κ2) is 9.34. The van der Waals surface area contributed by atoms with Gasteiger partial charge in [-0.1, -0.05) is 12.1 Å². The van der Waals surface area contributed by atoms with Crippen molar-refractivity contribution in [2.45, 2.75) is 20.5 Å². The second-order valence-electron chi connectivity index (χ2n) is 7.25. The van der Waals surface area contributed by atoms with E-state index in [0.29, 0.717) is 17.1 Å². The predicted molar refractivity (Wildman–Crippen MR) is 120 cm³/mol. The maximum absolute atomic E-state index is 13.2. The van der Waals surface area contributed by atoms with Gasteiger partial charge < -0.3 is 13.7 Å². The van der Waals surface area contributed by atoms with Crippen LogP contribution < -0.4 is 10.2 Å². The number of ether oxygens (including phenoxy) is 1. The number of furan rings is 1. The van der Waals surface area contributed by atoms with Crippen molar-refractivity contribution in [3.05, 3.63) is 107 Å². The number of halogens is 1. The number of amides is 1. The molecule has 1 amide bonds. The number of hydrogen-bond donors (Lipinski definition) is 1. The zero-order valence-electron chi connectivity index (χ0n) is 17.7. The van der Waals surface area contributed by atoms with Crippen molar-refractivity contribution in [1.29, 1.82) is 0 Å². The maximum atomic E-state index is 13.2. The predicted octanol–water partition coefficient (Wildman–Crippen LogP) is 5.17. The Labute approximate surface area is 184 Å². The first-order valence-electron chi connectivity index (χ1n) is 10.1. The van der Waals surface area contributed by atoms with Crippen molar-refractivity contribution < 1.29 is 18.3 Å². The van der Waals surface area contributed by atoms with E-state index in [9.17, 15) is 9.18 Å². The van der Waals surface area contributed by atoms with Crippen molar-refractivity contribution in [2.75, 3.05) is 0 Å². The first kappa shape index (κ1) is 21.1. The first-order chi connectivity index (χ1) is 15.5. The van der Waals surface area contributed by atoms with Gasteiger partial charge in [-0.05, 0) is 80.1 Å². The molecule has 6 nitrogen and oxygen atoms in total. The first-order valence-corrected chi connectivity index (χ1v) is 10.1. The average Bonchev–Trinajstić information content (AvgIpc) is 3.39. The Hall–Kier alpha value is -4.13. The van der Waals surface area contributed by atoms with E-state index in [1.54, 1.807) is 24.3 Å². The number of hydrazone groups is 1. The number of carbonyl (C=O) groups is 1. The molecule has 4 rings (SSSR count). The summed E-state index contributed by atoms with van der Waals surface area (Å²) in [5, 5.41) is 3.82. The van der Waals surface area contributed by atoms with Crippen molar-refractivity contribution in [1.82, 2.24) is 9.99 Å². The SMILES string of the molecule is Cc1ccc(C)n1-c1ccc(OCc2ccc(C(=O)NN=Cc3cccc(F)c3)o2)cc1. The molecule has 7 heteroatoms. The lowest BCUT2D eigenvalue weighted by Crippen LogP contribution is -2.16. The summed E-state index contributed by atoms with van der Waals surface area (Å²) in [6.07, 6.45) is 1.36. The summed E-state index contributed by atoms with van der Waals surface area (Å²) in [5.74, 6) is 0.420. The molecule has 4 aromatic rings. The van der Waals surface area contributed by atoms with Gasteiger partial charge in [-0.25, -0.2) is 9.82 Å². The quantitative estimate of drug-likeness (QED) is 0.324.